The van der Waals surface area contributed by atoms with Crippen molar-refractivity contribution in [3.8, 4) is 0 Å². The second kappa shape index (κ2) is 12.9. The zero-order valence-electron chi connectivity index (χ0n) is 20.2. The number of rotatable bonds is 7. The van der Waals surface area contributed by atoms with Crippen molar-refractivity contribution in [1.82, 2.24) is 20.5 Å². The summed E-state index contributed by atoms with van der Waals surface area (Å²) in [4.78, 5) is 28.0. The van der Waals surface area contributed by atoms with Gasteiger partial charge in [0.15, 0.2) is 5.96 Å². The number of nitrogens with zero attached hydrogens (tertiary/aromatic N) is 5. The Hall–Kier alpha value is -2.40. The van der Waals surface area contributed by atoms with E-state index in [1.165, 1.54) is 5.56 Å². The first kappa shape index (κ1) is 26.2. The molecule has 1 aromatic heterocycles. The number of guanidine groups is 1. The Balaban J connectivity index is 0.00000324. The predicted octanol–water partition coefficient (Wildman–Crippen LogP) is 2.83. The van der Waals surface area contributed by atoms with Crippen molar-refractivity contribution in [2.75, 3.05) is 56.1 Å². The summed E-state index contributed by atoms with van der Waals surface area (Å²) in [5.74, 6) is 2.05. The van der Waals surface area contributed by atoms with E-state index in [9.17, 15) is 4.79 Å². The number of halogens is 1. The minimum absolute atomic E-state index is 0. The summed E-state index contributed by atoms with van der Waals surface area (Å²) in [6.45, 7) is 9.01. The molecule has 0 atom stereocenters. The molecule has 2 aromatic rings. The molecule has 0 saturated carbocycles. The molecule has 0 unspecified atom stereocenters. The molecular formula is C25H36IN7O. The van der Waals surface area contributed by atoms with Crippen LogP contribution in [0.3, 0.4) is 0 Å². The molecule has 3 heterocycles. The molecule has 2 aliphatic rings. The van der Waals surface area contributed by atoms with Crippen molar-refractivity contribution in [3.63, 3.8) is 0 Å². The van der Waals surface area contributed by atoms with Crippen molar-refractivity contribution in [3.05, 3.63) is 53.7 Å². The Morgan fingerprint density at radius 2 is 1.82 bits per heavy atom. The van der Waals surface area contributed by atoms with E-state index < -0.39 is 0 Å². The minimum Gasteiger partial charge on any atom is -0.357 e. The lowest BCUT2D eigenvalue weighted by molar-refractivity contribution is -0.117. The first-order valence-corrected chi connectivity index (χ1v) is 11.9. The molecule has 1 aromatic carbocycles. The SMILES string of the molecule is CCNC(=NCc1ccc(N2CCCC2=O)cc1)NCc1cccnc1N1CCN(C)CC1.I. The van der Waals surface area contributed by atoms with Crippen LogP contribution in [0.15, 0.2) is 47.6 Å². The number of carbonyl (C=O) groups excluding carboxylic acids is 1. The van der Waals surface area contributed by atoms with Gasteiger partial charge >= 0.3 is 0 Å². The van der Waals surface area contributed by atoms with E-state index >= 15 is 0 Å². The van der Waals surface area contributed by atoms with Gasteiger partial charge in [-0.1, -0.05) is 18.2 Å². The highest BCUT2D eigenvalue weighted by molar-refractivity contribution is 14.0. The fraction of sp³-hybridized carbons (Fsp3) is 0.480. The van der Waals surface area contributed by atoms with Crippen LogP contribution in [0.1, 0.15) is 30.9 Å². The number of amides is 1. The molecule has 0 radical (unpaired) electrons. The molecular weight excluding hydrogens is 541 g/mol. The second-order valence-electron chi connectivity index (χ2n) is 8.64. The Labute approximate surface area is 219 Å². The Bertz CT molecular complexity index is 958. The summed E-state index contributed by atoms with van der Waals surface area (Å²) >= 11 is 0. The summed E-state index contributed by atoms with van der Waals surface area (Å²) in [7, 11) is 2.16. The van der Waals surface area contributed by atoms with E-state index in [4.69, 9.17) is 4.99 Å². The number of likely N-dealkylation sites (N-methyl/N-ethyl adjacent to an activating group) is 1. The first-order valence-electron chi connectivity index (χ1n) is 11.9. The molecule has 2 N–H and O–H groups in total. The smallest absolute Gasteiger partial charge is 0.227 e. The average molecular weight is 578 g/mol. The van der Waals surface area contributed by atoms with Gasteiger partial charge in [-0.3, -0.25) is 4.79 Å². The lowest BCUT2D eigenvalue weighted by Gasteiger charge is -2.34. The average Bonchev–Trinajstić information content (AvgIpc) is 3.28. The zero-order valence-corrected chi connectivity index (χ0v) is 22.5. The van der Waals surface area contributed by atoms with Gasteiger partial charge in [0.25, 0.3) is 0 Å². The summed E-state index contributed by atoms with van der Waals surface area (Å²) < 4.78 is 0. The van der Waals surface area contributed by atoms with Crippen LogP contribution in [0.5, 0.6) is 0 Å². The van der Waals surface area contributed by atoms with Crippen LogP contribution in [0.2, 0.25) is 0 Å². The van der Waals surface area contributed by atoms with Crippen molar-refractivity contribution in [2.45, 2.75) is 32.9 Å². The number of carbonyl (C=O) groups is 1. The molecule has 2 saturated heterocycles. The molecule has 1 amide bonds. The summed E-state index contributed by atoms with van der Waals surface area (Å²) in [5.41, 5.74) is 3.26. The number of hydrogen-bond donors (Lipinski definition) is 2. The van der Waals surface area contributed by atoms with Gasteiger partial charge in [0.2, 0.25) is 5.91 Å². The number of aromatic nitrogens is 1. The summed E-state index contributed by atoms with van der Waals surface area (Å²) in [6.07, 6.45) is 3.46. The van der Waals surface area contributed by atoms with Crippen molar-refractivity contribution in [1.29, 1.82) is 0 Å². The summed E-state index contributed by atoms with van der Waals surface area (Å²) in [6, 6.07) is 12.3. The quantitative estimate of drug-likeness (QED) is 0.300. The number of hydrogen-bond acceptors (Lipinski definition) is 5. The molecule has 8 nitrogen and oxygen atoms in total. The van der Waals surface area contributed by atoms with Gasteiger partial charge in [-0.2, -0.15) is 0 Å². The van der Waals surface area contributed by atoms with Gasteiger partial charge in [-0.25, -0.2) is 9.98 Å². The molecule has 2 fully saturated rings. The second-order valence-corrected chi connectivity index (χ2v) is 8.64. The molecule has 34 heavy (non-hydrogen) atoms. The largest absolute Gasteiger partial charge is 0.357 e. The standard InChI is InChI=1S/C25H35N7O.HI/c1-3-26-25(28-18-20-8-10-22(11-9-20)32-13-5-7-23(32)33)29-19-21-6-4-12-27-24(21)31-16-14-30(2)15-17-31;/h4,6,8-12H,3,5,7,13-19H2,1-2H3,(H2,26,28,29);1H. The van der Waals surface area contributed by atoms with Gasteiger partial charge in [0.05, 0.1) is 6.54 Å². The third kappa shape index (κ3) is 6.82. The van der Waals surface area contributed by atoms with Gasteiger partial charge in [0, 0.05) is 69.7 Å². The lowest BCUT2D eigenvalue weighted by Crippen LogP contribution is -2.45. The van der Waals surface area contributed by atoms with Crippen LogP contribution in [0.4, 0.5) is 11.5 Å². The maximum atomic E-state index is 12.0. The number of aliphatic imine (C=N–C) groups is 1. The Morgan fingerprint density at radius 1 is 1.06 bits per heavy atom. The van der Waals surface area contributed by atoms with Gasteiger partial charge in [-0.05, 0) is 44.2 Å². The fourth-order valence-electron chi connectivity index (χ4n) is 4.26. The van der Waals surface area contributed by atoms with Gasteiger partial charge in [0.1, 0.15) is 5.82 Å². The molecule has 0 bridgehead atoms. The molecule has 0 aliphatic carbocycles. The molecule has 2 aliphatic heterocycles. The van der Waals surface area contributed by atoms with Crippen molar-refractivity contribution in [2.24, 2.45) is 4.99 Å². The van der Waals surface area contributed by atoms with Gasteiger partial charge in [-0.15, -0.1) is 24.0 Å². The lowest BCUT2D eigenvalue weighted by atomic mass is 10.2. The number of nitrogens with one attached hydrogen (secondary N) is 2. The number of anilines is 2. The number of piperazine rings is 1. The maximum Gasteiger partial charge on any atom is 0.227 e. The van der Waals surface area contributed by atoms with E-state index in [-0.39, 0.29) is 29.9 Å². The minimum atomic E-state index is 0. The van der Waals surface area contributed by atoms with Gasteiger partial charge < -0.3 is 25.3 Å². The molecule has 184 valence electrons. The highest BCUT2D eigenvalue weighted by Gasteiger charge is 2.21. The maximum absolute atomic E-state index is 12.0. The Morgan fingerprint density at radius 3 is 2.50 bits per heavy atom. The normalized spacial score (nSPS) is 17.0. The summed E-state index contributed by atoms with van der Waals surface area (Å²) in [5, 5.41) is 6.80. The number of benzene rings is 1. The van der Waals surface area contributed by atoms with Crippen LogP contribution < -0.4 is 20.4 Å². The Kier molecular flexibility index (Phi) is 9.94. The topological polar surface area (TPSA) is 76.1 Å². The monoisotopic (exact) mass is 577 g/mol. The van der Waals surface area contributed by atoms with E-state index in [0.717, 1.165) is 68.7 Å². The van der Waals surface area contributed by atoms with Crippen LogP contribution in [-0.4, -0.2) is 68.1 Å². The van der Waals surface area contributed by atoms with E-state index in [2.05, 4.69) is 57.6 Å². The van der Waals surface area contributed by atoms with Crippen LogP contribution in [0, 0.1) is 0 Å². The predicted molar refractivity (Wildman–Crippen MR) is 149 cm³/mol. The third-order valence-corrected chi connectivity index (χ3v) is 6.20. The molecule has 0 spiro atoms. The highest BCUT2D eigenvalue weighted by Crippen LogP contribution is 2.22. The third-order valence-electron chi connectivity index (χ3n) is 6.20. The van der Waals surface area contributed by atoms with E-state index in [1.807, 2.05) is 29.3 Å². The van der Waals surface area contributed by atoms with E-state index in [0.29, 0.717) is 19.5 Å². The van der Waals surface area contributed by atoms with E-state index in [1.54, 1.807) is 0 Å². The van der Waals surface area contributed by atoms with Crippen molar-refractivity contribution >= 4 is 47.3 Å². The van der Waals surface area contributed by atoms with Crippen LogP contribution in [-0.2, 0) is 17.9 Å². The molecule has 9 heteroatoms. The zero-order chi connectivity index (χ0) is 23.0. The number of pyridine rings is 1. The fourth-order valence-corrected chi connectivity index (χ4v) is 4.26. The molecule has 4 rings (SSSR count). The van der Waals surface area contributed by atoms with Crippen molar-refractivity contribution < 1.29 is 4.79 Å². The first-order chi connectivity index (χ1) is 16.1. The highest BCUT2D eigenvalue weighted by atomic mass is 127. The van der Waals surface area contributed by atoms with Crippen LogP contribution >= 0.6 is 24.0 Å². The van der Waals surface area contributed by atoms with Crippen LogP contribution in [0.25, 0.3) is 0 Å².